The van der Waals surface area contributed by atoms with Gasteiger partial charge in [0.05, 0.1) is 12.9 Å². The Balaban J connectivity index is 2.06. The van der Waals surface area contributed by atoms with E-state index in [1.165, 1.54) is 10.9 Å². The maximum absolute atomic E-state index is 9.95. The number of H-pyrrole nitrogens is 1. The van der Waals surface area contributed by atoms with Crippen LogP contribution in [0.2, 0.25) is 0 Å². The van der Waals surface area contributed by atoms with Gasteiger partial charge in [-0.3, -0.25) is 4.57 Å². The molecule has 0 radical (unpaired) electrons. The molecule has 102 valence electrons. The van der Waals surface area contributed by atoms with Crippen molar-refractivity contribution < 1.29 is 20.1 Å². The summed E-state index contributed by atoms with van der Waals surface area (Å²) in [4.78, 5) is 4.06. The lowest BCUT2D eigenvalue weighted by atomic mass is 10.1. The second-order valence-electron chi connectivity index (χ2n) is 4.19. The molecule has 19 heavy (non-hydrogen) atoms. The monoisotopic (exact) mass is 285 g/mol. The van der Waals surface area contributed by atoms with Crippen LogP contribution in [0.5, 0.6) is 0 Å². The summed E-state index contributed by atoms with van der Waals surface area (Å²) in [5.74, 6) is 0. The fourth-order valence-corrected chi connectivity index (χ4v) is 2.29. The number of hydrogen-bond acceptors (Lipinski definition) is 8. The highest BCUT2D eigenvalue weighted by molar-refractivity contribution is 7.71. The Morgan fingerprint density at radius 3 is 2.89 bits per heavy atom. The summed E-state index contributed by atoms with van der Waals surface area (Å²) in [6.45, 7) is -0.392. The predicted octanol–water partition coefficient (Wildman–Crippen LogP) is -1.50. The number of fused-ring (bicyclic) bond motifs is 1. The van der Waals surface area contributed by atoms with Gasteiger partial charge in [0.15, 0.2) is 16.5 Å². The van der Waals surface area contributed by atoms with Crippen molar-refractivity contribution in [3.05, 3.63) is 11.0 Å². The van der Waals surface area contributed by atoms with Crippen molar-refractivity contribution in [1.29, 1.82) is 0 Å². The van der Waals surface area contributed by atoms with Crippen molar-refractivity contribution in [3.8, 4) is 0 Å². The van der Waals surface area contributed by atoms with Crippen LogP contribution in [-0.2, 0) is 4.74 Å². The topological polar surface area (TPSA) is 129 Å². The Labute approximate surface area is 111 Å². The Morgan fingerprint density at radius 1 is 1.42 bits per heavy atom. The van der Waals surface area contributed by atoms with Gasteiger partial charge in [0.1, 0.15) is 23.8 Å². The van der Waals surface area contributed by atoms with Crippen molar-refractivity contribution in [2.45, 2.75) is 24.5 Å². The van der Waals surface area contributed by atoms with E-state index >= 15 is 0 Å². The first-order chi connectivity index (χ1) is 9.13. The molecule has 10 heteroatoms. The Hall–Kier alpha value is -1.46. The van der Waals surface area contributed by atoms with Gasteiger partial charge in [-0.05, 0) is 0 Å². The first kappa shape index (κ1) is 12.6. The van der Waals surface area contributed by atoms with Gasteiger partial charge in [-0.15, -0.1) is 5.10 Å². The number of aliphatic hydroxyl groups is 3. The summed E-state index contributed by atoms with van der Waals surface area (Å²) in [5.41, 5.74) is 0.845. The molecule has 0 amide bonds. The van der Waals surface area contributed by atoms with Gasteiger partial charge in [-0.2, -0.15) is 0 Å². The number of imidazole rings is 1. The van der Waals surface area contributed by atoms with Crippen LogP contribution in [0.25, 0.3) is 11.2 Å². The summed E-state index contributed by atoms with van der Waals surface area (Å²) >= 11 is 4.98. The van der Waals surface area contributed by atoms with E-state index in [2.05, 4.69) is 20.4 Å². The third-order valence-electron chi connectivity index (χ3n) is 3.08. The molecule has 1 fully saturated rings. The fraction of sp³-hybridized carbons (Fsp3) is 0.556. The number of aromatic nitrogens is 5. The van der Waals surface area contributed by atoms with Crippen molar-refractivity contribution >= 4 is 23.4 Å². The third kappa shape index (κ3) is 1.84. The molecule has 3 rings (SSSR count). The average Bonchev–Trinajstić information content (AvgIpc) is 2.94. The molecule has 2 aromatic rings. The molecule has 1 saturated heterocycles. The van der Waals surface area contributed by atoms with Gasteiger partial charge in [0.2, 0.25) is 0 Å². The van der Waals surface area contributed by atoms with Gasteiger partial charge in [-0.25, -0.2) is 10.1 Å². The number of rotatable bonds is 2. The van der Waals surface area contributed by atoms with Crippen LogP contribution >= 0.6 is 12.2 Å². The lowest BCUT2D eigenvalue weighted by Crippen LogP contribution is -2.33. The van der Waals surface area contributed by atoms with Crippen LogP contribution in [0, 0.1) is 4.64 Å². The second-order valence-corrected chi connectivity index (χ2v) is 4.58. The molecule has 4 atom stereocenters. The van der Waals surface area contributed by atoms with Crippen LogP contribution in [0.4, 0.5) is 0 Å². The van der Waals surface area contributed by atoms with E-state index in [0.717, 1.165) is 0 Å². The zero-order valence-electron chi connectivity index (χ0n) is 9.54. The van der Waals surface area contributed by atoms with E-state index in [-0.39, 0.29) is 4.64 Å². The second kappa shape index (κ2) is 4.58. The summed E-state index contributed by atoms with van der Waals surface area (Å²) in [7, 11) is 0. The van der Waals surface area contributed by atoms with Gasteiger partial charge < -0.3 is 20.1 Å². The maximum Gasteiger partial charge on any atom is 0.180 e. The maximum atomic E-state index is 9.95. The lowest BCUT2D eigenvalue weighted by molar-refractivity contribution is -0.0511. The molecule has 0 aliphatic carbocycles. The van der Waals surface area contributed by atoms with E-state index in [4.69, 9.17) is 22.1 Å². The number of nitrogens with zero attached hydrogens (tertiary/aromatic N) is 4. The lowest BCUT2D eigenvalue weighted by Gasteiger charge is -2.16. The van der Waals surface area contributed by atoms with E-state index in [1.807, 2.05) is 0 Å². The molecule has 1 aliphatic rings. The largest absolute Gasteiger partial charge is 0.394 e. The molecular formula is C9H11N5O4S. The molecule has 0 unspecified atom stereocenters. The average molecular weight is 285 g/mol. The minimum atomic E-state index is -1.19. The summed E-state index contributed by atoms with van der Waals surface area (Å²) < 4.78 is 7.08. The molecule has 0 bridgehead atoms. The highest BCUT2D eigenvalue weighted by atomic mass is 32.1. The van der Waals surface area contributed by atoms with Gasteiger partial charge in [0, 0.05) is 0 Å². The van der Waals surface area contributed by atoms with Crippen LogP contribution in [0.1, 0.15) is 6.23 Å². The van der Waals surface area contributed by atoms with Crippen LogP contribution in [0.3, 0.4) is 0 Å². The van der Waals surface area contributed by atoms with Gasteiger partial charge >= 0.3 is 0 Å². The summed E-state index contributed by atoms with van der Waals surface area (Å²) in [6.07, 6.45) is -2.70. The molecule has 1 aliphatic heterocycles. The molecule has 2 aromatic heterocycles. The highest BCUT2D eigenvalue weighted by Gasteiger charge is 2.43. The Morgan fingerprint density at radius 2 is 2.21 bits per heavy atom. The number of aromatic amines is 1. The molecule has 0 spiro atoms. The van der Waals surface area contributed by atoms with Gasteiger partial charge in [-0.1, -0.05) is 17.4 Å². The van der Waals surface area contributed by atoms with Gasteiger partial charge in [0.25, 0.3) is 0 Å². The normalized spacial score (nSPS) is 31.1. The smallest absolute Gasteiger partial charge is 0.180 e. The zero-order chi connectivity index (χ0) is 13.6. The molecular weight excluding hydrogens is 274 g/mol. The number of aliphatic hydroxyl groups excluding tert-OH is 3. The number of hydrogen-bond donors (Lipinski definition) is 4. The van der Waals surface area contributed by atoms with Crippen molar-refractivity contribution in [2.24, 2.45) is 0 Å². The SMILES string of the molecule is OC[C@H]1O[C@@H](n2cnc3c(=S)nn[nH]c32)[C@H](O)[C@@H]1O. The Bertz CT molecular complexity index is 657. The predicted molar refractivity (Wildman–Crippen MR) is 63.5 cm³/mol. The van der Waals surface area contributed by atoms with Crippen molar-refractivity contribution in [2.75, 3.05) is 6.61 Å². The first-order valence-electron chi connectivity index (χ1n) is 5.54. The summed E-state index contributed by atoms with van der Waals surface area (Å²) in [6, 6.07) is 0. The molecule has 0 saturated carbocycles. The Kier molecular flexibility index (Phi) is 3.03. The first-order valence-corrected chi connectivity index (χ1v) is 5.94. The van der Waals surface area contributed by atoms with E-state index in [9.17, 15) is 10.2 Å². The van der Waals surface area contributed by atoms with Crippen molar-refractivity contribution in [3.63, 3.8) is 0 Å². The molecule has 0 aromatic carbocycles. The third-order valence-corrected chi connectivity index (χ3v) is 3.36. The van der Waals surface area contributed by atoms with E-state index in [0.29, 0.717) is 11.2 Å². The molecule has 4 N–H and O–H groups in total. The molecule has 3 heterocycles. The quantitative estimate of drug-likeness (QED) is 0.490. The highest BCUT2D eigenvalue weighted by Crippen LogP contribution is 2.30. The van der Waals surface area contributed by atoms with Crippen LogP contribution in [-0.4, -0.2) is 65.2 Å². The van der Waals surface area contributed by atoms with Crippen LogP contribution < -0.4 is 0 Å². The minimum absolute atomic E-state index is 0.222. The summed E-state index contributed by atoms with van der Waals surface area (Å²) in [5, 5.41) is 38.6. The molecule has 9 nitrogen and oxygen atoms in total. The number of nitrogens with one attached hydrogen (secondary N) is 1. The minimum Gasteiger partial charge on any atom is -0.394 e. The zero-order valence-corrected chi connectivity index (χ0v) is 10.4. The van der Waals surface area contributed by atoms with Crippen molar-refractivity contribution in [1.82, 2.24) is 25.0 Å². The van der Waals surface area contributed by atoms with Crippen LogP contribution in [0.15, 0.2) is 6.33 Å². The van der Waals surface area contributed by atoms with E-state index in [1.54, 1.807) is 0 Å². The fourth-order valence-electron chi connectivity index (χ4n) is 2.10. The standard InChI is InChI=1S/C9H11N5O4S/c15-1-3-5(16)6(17)9(18-3)14-2-10-4-7(14)11-13-12-8(4)19/h2-3,5-6,9,15-17H,1H2,(H,11,12,19)/t3-,5-,6-,9-/m1/s1. The number of ether oxygens (including phenoxy) is 1. The van der Waals surface area contributed by atoms with E-state index < -0.39 is 31.1 Å².